The fourth-order valence-corrected chi connectivity index (χ4v) is 3.09. The van der Waals surface area contributed by atoms with Gasteiger partial charge < -0.3 is 10.4 Å². The van der Waals surface area contributed by atoms with Gasteiger partial charge in [0.1, 0.15) is 0 Å². The third kappa shape index (κ3) is 3.16. The Bertz CT molecular complexity index is 458. The normalized spacial score (nSPS) is 27.0. The molecule has 0 bridgehead atoms. The summed E-state index contributed by atoms with van der Waals surface area (Å²) in [6, 6.07) is 7.57. The van der Waals surface area contributed by atoms with Crippen molar-refractivity contribution in [3.8, 4) is 0 Å². The maximum atomic E-state index is 12.4. The molecular formula is C16H23NO2. The van der Waals surface area contributed by atoms with Crippen molar-refractivity contribution in [3.63, 3.8) is 0 Å². The van der Waals surface area contributed by atoms with Gasteiger partial charge in [0.05, 0.1) is 12.1 Å². The number of rotatable bonds is 3. The van der Waals surface area contributed by atoms with Crippen LogP contribution in [0.5, 0.6) is 0 Å². The molecule has 1 fully saturated rings. The third-order valence-corrected chi connectivity index (χ3v) is 4.16. The summed E-state index contributed by atoms with van der Waals surface area (Å²) in [5.41, 5.74) is 1.24. The summed E-state index contributed by atoms with van der Waals surface area (Å²) < 4.78 is 0. The minimum atomic E-state index is -0.434. The predicted molar refractivity (Wildman–Crippen MR) is 76.1 cm³/mol. The van der Waals surface area contributed by atoms with Gasteiger partial charge in [-0.1, -0.05) is 38.0 Å². The Hall–Kier alpha value is -1.35. The molecule has 0 spiro atoms. The molecule has 0 heterocycles. The quantitative estimate of drug-likeness (QED) is 0.879. The Morgan fingerprint density at radius 3 is 2.84 bits per heavy atom. The third-order valence-electron chi connectivity index (χ3n) is 4.16. The maximum Gasteiger partial charge on any atom is 0.252 e. The first kappa shape index (κ1) is 14.1. The second-order valence-electron chi connectivity index (χ2n) is 5.91. The van der Waals surface area contributed by atoms with Gasteiger partial charge >= 0.3 is 0 Å². The van der Waals surface area contributed by atoms with Crippen molar-refractivity contribution >= 4 is 5.91 Å². The van der Waals surface area contributed by atoms with Crippen molar-refractivity contribution in [2.24, 2.45) is 5.92 Å². The molecule has 1 aromatic carbocycles. The summed E-state index contributed by atoms with van der Waals surface area (Å²) in [7, 11) is 0. The van der Waals surface area contributed by atoms with E-state index in [1.165, 1.54) is 6.42 Å². The lowest BCUT2D eigenvalue weighted by Gasteiger charge is -2.39. The van der Waals surface area contributed by atoms with Crippen molar-refractivity contribution in [3.05, 3.63) is 35.4 Å². The van der Waals surface area contributed by atoms with Crippen LogP contribution < -0.4 is 5.32 Å². The number of hydrogen-bond acceptors (Lipinski definition) is 2. The fourth-order valence-electron chi connectivity index (χ4n) is 3.09. The first-order valence-electron chi connectivity index (χ1n) is 7.05. The molecule has 2 unspecified atom stereocenters. The largest absolute Gasteiger partial charge is 0.394 e. The number of benzene rings is 1. The minimum Gasteiger partial charge on any atom is -0.394 e. The molecule has 3 nitrogen and oxygen atoms in total. The number of nitrogens with one attached hydrogen (secondary N) is 1. The summed E-state index contributed by atoms with van der Waals surface area (Å²) in [4.78, 5) is 12.4. The van der Waals surface area contributed by atoms with Crippen molar-refractivity contribution in [1.82, 2.24) is 5.32 Å². The van der Waals surface area contributed by atoms with Crippen molar-refractivity contribution in [2.75, 3.05) is 6.61 Å². The summed E-state index contributed by atoms with van der Waals surface area (Å²) in [5.74, 6) is 0.485. The molecule has 0 saturated heterocycles. The van der Waals surface area contributed by atoms with E-state index in [1.54, 1.807) is 0 Å². The summed E-state index contributed by atoms with van der Waals surface area (Å²) in [6.45, 7) is 4.14. The van der Waals surface area contributed by atoms with E-state index in [0.29, 0.717) is 11.5 Å². The molecule has 0 radical (unpaired) electrons. The molecule has 1 aliphatic rings. The predicted octanol–water partition coefficient (Wildman–Crippen LogP) is 2.67. The van der Waals surface area contributed by atoms with Gasteiger partial charge in [-0.15, -0.1) is 0 Å². The lowest BCUT2D eigenvalue weighted by Crippen LogP contribution is -2.54. The first-order valence-corrected chi connectivity index (χ1v) is 7.05. The fraction of sp³-hybridized carbons (Fsp3) is 0.562. The highest BCUT2D eigenvalue weighted by atomic mass is 16.3. The van der Waals surface area contributed by atoms with E-state index in [0.717, 1.165) is 24.8 Å². The van der Waals surface area contributed by atoms with Crippen LogP contribution >= 0.6 is 0 Å². The number of aliphatic hydroxyl groups excluding tert-OH is 1. The van der Waals surface area contributed by atoms with Gasteiger partial charge in [0.15, 0.2) is 0 Å². The summed E-state index contributed by atoms with van der Waals surface area (Å²) in [5, 5.41) is 12.8. The van der Waals surface area contributed by atoms with Crippen molar-refractivity contribution in [1.29, 1.82) is 0 Å². The molecule has 1 amide bonds. The van der Waals surface area contributed by atoms with Gasteiger partial charge in [-0.05, 0) is 37.3 Å². The zero-order valence-electron chi connectivity index (χ0n) is 11.8. The van der Waals surface area contributed by atoms with E-state index in [-0.39, 0.29) is 12.5 Å². The summed E-state index contributed by atoms with van der Waals surface area (Å²) in [6.07, 6.45) is 3.98. The van der Waals surface area contributed by atoms with Crippen molar-refractivity contribution in [2.45, 2.75) is 45.1 Å². The summed E-state index contributed by atoms with van der Waals surface area (Å²) >= 11 is 0. The van der Waals surface area contributed by atoms with Gasteiger partial charge in [-0.3, -0.25) is 4.79 Å². The number of hydrogen-bond donors (Lipinski definition) is 2. The topological polar surface area (TPSA) is 49.3 Å². The molecular weight excluding hydrogens is 238 g/mol. The smallest absolute Gasteiger partial charge is 0.252 e. The van der Waals surface area contributed by atoms with Gasteiger partial charge in [-0.2, -0.15) is 0 Å². The van der Waals surface area contributed by atoms with E-state index < -0.39 is 5.54 Å². The van der Waals surface area contributed by atoms with Gasteiger partial charge in [-0.25, -0.2) is 0 Å². The number of carbonyl (C=O) groups excluding carboxylic acids is 1. The van der Waals surface area contributed by atoms with E-state index in [2.05, 4.69) is 12.2 Å². The zero-order chi connectivity index (χ0) is 13.9. The first-order chi connectivity index (χ1) is 9.06. The number of aryl methyl sites for hydroxylation is 1. The molecule has 2 atom stereocenters. The molecule has 1 aliphatic carbocycles. The van der Waals surface area contributed by atoms with E-state index in [9.17, 15) is 9.90 Å². The zero-order valence-corrected chi connectivity index (χ0v) is 11.8. The van der Waals surface area contributed by atoms with Crippen LogP contribution in [0.1, 0.15) is 48.5 Å². The Balaban J connectivity index is 2.14. The second kappa shape index (κ2) is 5.74. The number of carbonyl (C=O) groups is 1. The molecule has 1 saturated carbocycles. The van der Waals surface area contributed by atoms with Crippen LogP contribution in [-0.2, 0) is 0 Å². The van der Waals surface area contributed by atoms with E-state index in [4.69, 9.17) is 0 Å². The van der Waals surface area contributed by atoms with Crippen LogP contribution in [0.25, 0.3) is 0 Å². The van der Waals surface area contributed by atoms with E-state index in [1.807, 2.05) is 31.2 Å². The lowest BCUT2D eigenvalue weighted by molar-refractivity contribution is 0.0696. The molecule has 3 heteroatoms. The van der Waals surface area contributed by atoms with Crippen LogP contribution in [0.3, 0.4) is 0 Å². The van der Waals surface area contributed by atoms with Gasteiger partial charge in [0, 0.05) is 5.56 Å². The van der Waals surface area contributed by atoms with Crippen LogP contribution in [0.15, 0.2) is 24.3 Å². The molecule has 104 valence electrons. The maximum absolute atomic E-state index is 12.4. The monoisotopic (exact) mass is 261 g/mol. The second-order valence-corrected chi connectivity index (χ2v) is 5.91. The highest BCUT2D eigenvalue weighted by Gasteiger charge is 2.36. The van der Waals surface area contributed by atoms with Crippen LogP contribution in [0.2, 0.25) is 0 Å². The minimum absolute atomic E-state index is 0.0228. The van der Waals surface area contributed by atoms with Gasteiger partial charge in [0.25, 0.3) is 5.91 Å². The Morgan fingerprint density at radius 2 is 2.21 bits per heavy atom. The number of aliphatic hydroxyl groups is 1. The van der Waals surface area contributed by atoms with Crippen LogP contribution in [0, 0.1) is 12.8 Å². The highest BCUT2D eigenvalue weighted by molar-refractivity contribution is 5.96. The molecule has 2 N–H and O–H groups in total. The molecule has 19 heavy (non-hydrogen) atoms. The SMILES string of the molecule is Cc1ccccc1C(=O)NC1(CO)CCCC(C)C1. The Labute approximate surface area is 115 Å². The molecule has 1 aromatic rings. The van der Waals surface area contributed by atoms with Gasteiger partial charge in [0.2, 0.25) is 0 Å². The average molecular weight is 261 g/mol. The Morgan fingerprint density at radius 1 is 1.47 bits per heavy atom. The van der Waals surface area contributed by atoms with E-state index >= 15 is 0 Å². The standard InChI is InChI=1S/C16H23NO2/c1-12-6-5-9-16(10-12,11-18)17-15(19)14-8-4-3-7-13(14)2/h3-4,7-8,12,18H,5-6,9-11H2,1-2H3,(H,17,19). The molecule has 0 aromatic heterocycles. The lowest BCUT2D eigenvalue weighted by atomic mass is 9.76. The number of amides is 1. The van der Waals surface area contributed by atoms with Crippen molar-refractivity contribution < 1.29 is 9.90 Å². The van der Waals surface area contributed by atoms with Crippen LogP contribution in [-0.4, -0.2) is 23.2 Å². The highest BCUT2D eigenvalue weighted by Crippen LogP contribution is 2.32. The molecule has 2 rings (SSSR count). The average Bonchev–Trinajstić information content (AvgIpc) is 2.39. The van der Waals surface area contributed by atoms with Crippen LogP contribution in [0.4, 0.5) is 0 Å². The molecule has 0 aliphatic heterocycles. The Kier molecular flexibility index (Phi) is 4.25.